The van der Waals surface area contributed by atoms with Crippen molar-refractivity contribution in [2.45, 2.75) is 46.4 Å². The monoisotopic (exact) mass is 578 g/mol. The second-order valence-electron chi connectivity index (χ2n) is 12.3. The summed E-state index contributed by atoms with van der Waals surface area (Å²) in [6, 6.07) is 15.0. The van der Waals surface area contributed by atoms with Gasteiger partial charge in [-0.3, -0.25) is 9.69 Å². The molecular weight excluding hydrogens is 536 g/mol. The number of carbonyl (C=O) groups excluding carboxylic acids is 1. The molecule has 3 aromatic rings. The van der Waals surface area contributed by atoms with Gasteiger partial charge in [0.1, 0.15) is 11.6 Å². The fraction of sp³-hybridized carbons (Fsp3) is 0.452. The maximum Gasteiger partial charge on any atom is 0.229 e. The number of sulfone groups is 1. The molecule has 1 saturated heterocycles. The highest BCUT2D eigenvalue weighted by Gasteiger charge is 2.24. The number of hydrogen-bond acceptors (Lipinski definition) is 9. The Morgan fingerprint density at radius 3 is 2.29 bits per heavy atom. The van der Waals surface area contributed by atoms with E-state index in [1.54, 1.807) is 24.4 Å². The standard InChI is InChI=1S/C31H42N6O3S/c1-22(2)28(38)20-36-14-16-37(17-15-36)26-12-10-24(11-13-26)34-30-32-19-23(3)29(35-30)33-25-8-7-9-27(18-25)41(39,40)21-31(4,5)6/h7-13,18-19,22H,14-17,20-21H2,1-6H3,(H2,32,33,34,35). The Morgan fingerprint density at radius 2 is 1.66 bits per heavy atom. The number of anilines is 5. The van der Waals surface area contributed by atoms with Crippen LogP contribution in [0.5, 0.6) is 0 Å². The molecule has 0 spiro atoms. The summed E-state index contributed by atoms with van der Waals surface area (Å²) in [4.78, 5) is 26.0. The minimum absolute atomic E-state index is 0.0678. The Kier molecular flexibility index (Phi) is 9.34. The molecule has 0 atom stereocenters. The summed E-state index contributed by atoms with van der Waals surface area (Å²) in [5, 5.41) is 6.53. The predicted octanol–water partition coefficient (Wildman–Crippen LogP) is 5.44. The number of Topliss-reactive ketones (excluding diaryl/α,β-unsaturated/α-hetero) is 1. The van der Waals surface area contributed by atoms with E-state index in [9.17, 15) is 13.2 Å². The van der Waals surface area contributed by atoms with Crippen molar-refractivity contribution in [3.8, 4) is 0 Å². The van der Waals surface area contributed by atoms with Crippen LogP contribution in [0.15, 0.2) is 59.6 Å². The van der Waals surface area contributed by atoms with Crippen LogP contribution in [0, 0.1) is 18.3 Å². The lowest BCUT2D eigenvalue weighted by molar-refractivity contribution is -0.123. The minimum atomic E-state index is -3.42. The van der Waals surface area contributed by atoms with Gasteiger partial charge in [0.05, 0.1) is 17.2 Å². The lowest BCUT2D eigenvalue weighted by atomic mass is 10.0. The van der Waals surface area contributed by atoms with Gasteiger partial charge in [-0.25, -0.2) is 13.4 Å². The summed E-state index contributed by atoms with van der Waals surface area (Å²) < 4.78 is 25.8. The van der Waals surface area contributed by atoms with E-state index in [0.717, 1.165) is 43.1 Å². The first-order chi connectivity index (χ1) is 19.3. The fourth-order valence-electron chi connectivity index (χ4n) is 4.64. The van der Waals surface area contributed by atoms with Gasteiger partial charge in [0, 0.05) is 60.9 Å². The molecule has 0 unspecified atom stereocenters. The number of nitrogens with zero attached hydrogens (tertiary/aromatic N) is 4. The molecule has 220 valence electrons. The third kappa shape index (κ3) is 8.50. The second-order valence-corrected chi connectivity index (χ2v) is 14.2. The van der Waals surface area contributed by atoms with E-state index in [0.29, 0.717) is 29.8 Å². The van der Waals surface area contributed by atoms with E-state index in [1.807, 2.05) is 59.7 Å². The summed E-state index contributed by atoms with van der Waals surface area (Å²) in [7, 11) is -3.42. The van der Waals surface area contributed by atoms with Gasteiger partial charge < -0.3 is 15.5 Å². The lowest BCUT2D eigenvalue weighted by Crippen LogP contribution is -2.48. The largest absolute Gasteiger partial charge is 0.369 e. The van der Waals surface area contributed by atoms with E-state index in [4.69, 9.17) is 0 Å². The Labute approximate surface area is 244 Å². The summed E-state index contributed by atoms with van der Waals surface area (Å²) in [6.45, 7) is 15.6. The van der Waals surface area contributed by atoms with Crippen LogP contribution in [-0.2, 0) is 14.6 Å². The van der Waals surface area contributed by atoms with Crippen molar-refractivity contribution in [1.29, 1.82) is 0 Å². The number of benzene rings is 2. The molecule has 9 nitrogen and oxygen atoms in total. The third-order valence-electron chi connectivity index (χ3n) is 6.93. The van der Waals surface area contributed by atoms with Crippen LogP contribution in [-0.4, -0.2) is 67.5 Å². The number of carbonyl (C=O) groups is 1. The van der Waals surface area contributed by atoms with Gasteiger partial charge in [-0.15, -0.1) is 0 Å². The Bertz CT molecular complexity index is 1460. The van der Waals surface area contributed by atoms with Crippen molar-refractivity contribution in [2.24, 2.45) is 11.3 Å². The van der Waals surface area contributed by atoms with Gasteiger partial charge in [-0.2, -0.15) is 4.98 Å². The summed E-state index contributed by atoms with van der Waals surface area (Å²) in [5.74, 6) is 1.47. The number of aromatic nitrogens is 2. The van der Waals surface area contributed by atoms with Gasteiger partial charge in [-0.05, 0) is 54.8 Å². The molecule has 0 amide bonds. The lowest BCUT2D eigenvalue weighted by Gasteiger charge is -2.36. The maximum absolute atomic E-state index is 12.9. The summed E-state index contributed by atoms with van der Waals surface area (Å²) in [5.41, 5.74) is 3.14. The van der Waals surface area contributed by atoms with E-state index in [-0.39, 0.29) is 22.0 Å². The highest BCUT2D eigenvalue weighted by Crippen LogP contribution is 2.27. The van der Waals surface area contributed by atoms with Crippen molar-refractivity contribution >= 4 is 44.4 Å². The normalized spacial score (nSPS) is 14.8. The molecule has 1 aliphatic heterocycles. The topological polar surface area (TPSA) is 108 Å². The predicted molar refractivity (Wildman–Crippen MR) is 166 cm³/mol. The van der Waals surface area contributed by atoms with Crippen LogP contribution in [0.2, 0.25) is 0 Å². The van der Waals surface area contributed by atoms with Crippen LogP contribution in [0.25, 0.3) is 0 Å². The van der Waals surface area contributed by atoms with Gasteiger partial charge in [-0.1, -0.05) is 40.7 Å². The number of hydrogen-bond donors (Lipinski definition) is 2. The molecule has 4 rings (SSSR count). The average molecular weight is 579 g/mol. The number of aryl methyl sites for hydroxylation is 1. The van der Waals surface area contributed by atoms with E-state index < -0.39 is 9.84 Å². The fourth-order valence-corrected chi connectivity index (χ4v) is 6.54. The zero-order valence-corrected chi connectivity index (χ0v) is 25.8. The van der Waals surface area contributed by atoms with E-state index in [2.05, 4.69) is 42.5 Å². The maximum atomic E-state index is 12.9. The van der Waals surface area contributed by atoms with Crippen molar-refractivity contribution in [2.75, 3.05) is 54.0 Å². The highest BCUT2D eigenvalue weighted by molar-refractivity contribution is 7.91. The van der Waals surface area contributed by atoms with Crippen molar-refractivity contribution in [3.05, 3.63) is 60.3 Å². The second kappa shape index (κ2) is 12.6. The van der Waals surface area contributed by atoms with Crippen LogP contribution >= 0.6 is 0 Å². The molecule has 41 heavy (non-hydrogen) atoms. The van der Waals surface area contributed by atoms with Gasteiger partial charge >= 0.3 is 0 Å². The van der Waals surface area contributed by atoms with Gasteiger partial charge in [0.15, 0.2) is 9.84 Å². The molecule has 10 heteroatoms. The smallest absolute Gasteiger partial charge is 0.229 e. The molecule has 2 heterocycles. The average Bonchev–Trinajstić information content (AvgIpc) is 2.90. The molecule has 1 aromatic heterocycles. The number of piperazine rings is 1. The molecule has 0 bridgehead atoms. The van der Waals surface area contributed by atoms with E-state index >= 15 is 0 Å². The molecular formula is C31H42N6O3S. The summed E-state index contributed by atoms with van der Waals surface area (Å²) >= 11 is 0. The molecule has 0 radical (unpaired) electrons. The molecule has 2 N–H and O–H groups in total. The van der Waals surface area contributed by atoms with Crippen LogP contribution in [0.4, 0.5) is 28.8 Å². The SMILES string of the molecule is Cc1cnc(Nc2ccc(N3CCN(CC(=O)C(C)C)CC3)cc2)nc1Nc1cccc(S(=O)(=O)CC(C)(C)C)c1. The third-order valence-corrected chi connectivity index (χ3v) is 9.15. The summed E-state index contributed by atoms with van der Waals surface area (Å²) in [6.07, 6.45) is 1.73. The zero-order chi connectivity index (χ0) is 29.8. The van der Waals surface area contributed by atoms with Crippen molar-refractivity contribution in [1.82, 2.24) is 14.9 Å². The quantitative estimate of drug-likeness (QED) is 0.325. The Morgan fingerprint density at radius 1 is 0.976 bits per heavy atom. The van der Waals surface area contributed by atoms with Gasteiger partial charge in [0.2, 0.25) is 5.95 Å². The molecule has 1 fully saturated rings. The highest BCUT2D eigenvalue weighted by atomic mass is 32.2. The van der Waals surface area contributed by atoms with Crippen LogP contribution in [0.3, 0.4) is 0 Å². The number of ketones is 1. The van der Waals surface area contributed by atoms with Crippen LogP contribution < -0.4 is 15.5 Å². The first-order valence-corrected chi connectivity index (χ1v) is 15.7. The van der Waals surface area contributed by atoms with Crippen molar-refractivity contribution < 1.29 is 13.2 Å². The number of rotatable bonds is 10. The first-order valence-electron chi connectivity index (χ1n) is 14.1. The molecule has 1 aliphatic rings. The Balaban J connectivity index is 1.39. The zero-order valence-electron chi connectivity index (χ0n) is 24.9. The first kappa shape index (κ1) is 30.5. The number of nitrogens with one attached hydrogen (secondary N) is 2. The molecule has 0 aliphatic carbocycles. The van der Waals surface area contributed by atoms with E-state index in [1.165, 1.54) is 0 Å². The Hall–Kier alpha value is -3.50. The molecule has 0 saturated carbocycles. The molecule has 2 aromatic carbocycles. The minimum Gasteiger partial charge on any atom is -0.369 e. The van der Waals surface area contributed by atoms with Crippen molar-refractivity contribution in [3.63, 3.8) is 0 Å². The van der Waals surface area contributed by atoms with Gasteiger partial charge in [0.25, 0.3) is 0 Å². The van der Waals surface area contributed by atoms with Crippen LogP contribution in [0.1, 0.15) is 40.2 Å².